The van der Waals surface area contributed by atoms with Crippen LogP contribution in [0.25, 0.3) is 0 Å². The number of esters is 1. The van der Waals surface area contributed by atoms with E-state index in [0.29, 0.717) is 18.4 Å². The molecule has 148 valence electrons. The largest absolute Gasteiger partial charge is 0.459 e. The monoisotopic (exact) mass is 408 g/mol. The van der Waals surface area contributed by atoms with Crippen molar-refractivity contribution < 1.29 is 28.6 Å². The Morgan fingerprint density at radius 1 is 1.16 bits per heavy atom. The Morgan fingerprint density at radius 2 is 1.64 bits per heavy atom. The fourth-order valence-electron chi connectivity index (χ4n) is 2.39. The van der Waals surface area contributed by atoms with E-state index in [4.69, 9.17) is 18.7 Å². The van der Waals surface area contributed by atoms with Crippen LogP contribution in [0.2, 0.25) is 39.3 Å². The second-order valence-electron chi connectivity index (χ2n) is 8.42. The van der Waals surface area contributed by atoms with E-state index in [1.807, 2.05) is 6.08 Å². The minimum absolute atomic E-state index is 0.206. The van der Waals surface area contributed by atoms with Crippen molar-refractivity contribution in [1.82, 2.24) is 0 Å². The third-order valence-electron chi connectivity index (χ3n) is 3.03. The summed E-state index contributed by atoms with van der Waals surface area (Å²) in [4.78, 5) is 11.9. The Labute approximate surface area is 157 Å². The van der Waals surface area contributed by atoms with Crippen LogP contribution in [0.15, 0.2) is 11.6 Å². The molecular formula is C16H36O6Si3. The van der Waals surface area contributed by atoms with Crippen LogP contribution in [0, 0.1) is 0 Å². The summed E-state index contributed by atoms with van der Waals surface area (Å²) in [7, 11) is -2.75. The molecule has 0 rings (SSSR count). The molecule has 1 unspecified atom stereocenters. The normalized spacial score (nSPS) is 15.3. The Bertz CT molecular complexity index is 438. The first-order valence-corrected chi connectivity index (χ1v) is 16.5. The van der Waals surface area contributed by atoms with Gasteiger partial charge in [-0.15, -0.1) is 0 Å². The average Bonchev–Trinajstić information content (AvgIpc) is 2.39. The number of ether oxygens (including phenoxy) is 1. The Kier molecular flexibility index (Phi) is 10.0. The minimum atomic E-state index is -1.75. The van der Waals surface area contributed by atoms with Crippen molar-refractivity contribution in [3.8, 4) is 0 Å². The summed E-state index contributed by atoms with van der Waals surface area (Å²) in [6.45, 7) is 14.0. The van der Waals surface area contributed by atoms with Crippen molar-refractivity contribution in [3.05, 3.63) is 11.6 Å². The van der Waals surface area contributed by atoms with Crippen molar-refractivity contribution in [3.63, 3.8) is 0 Å². The highest BCUT2D eigenvalue weighted by molar-refractivity contribution is 6.71. The lowest BCUT2D eigenvalue weighted by molar-refractivity contribution is -0.142. The van der Waals surface area contributed by atoms with Gasteiger partial charge in [0.15, 0.2) is 16.6 Å². The molecule has 0 saturated heterocycles. The number of allylic oxidation sites excluding steroid dienone is 1. The van der Waals surface area contributed by atoms with Crippen LogP contribution in [-0.4, -0.2) is 67.8 Å². The Balaban J connectivity index is 4.79. The molecule has 0 aliphatic rings. The van der Waals surface area contributed by atoms with Gasteiger partial charge in [-0.05, 0) is 59.0 Å². The van der Waals surface area contributed by atoms with Gasteiger partial charge < -0.3 is 23.8 Å². The van der Waals surface area contributed by atoms with Gasteiger partial charge in [-0.2, -0.15) is 0 Å². The fourth-order valence-corrected chi connectivity index (χ4v) is 9.32. The molecule has 0 aromatic carbocycles. The summed E-state index contributed by atoms with van der Waals surface area (Å²) >= 11 is 0. The molecule has 0 aliphatic heterocycles. The van der Waals surface area contributed by atoms with Gasteiger partial charge in [-0.25, -0.2) is 4.79 Å². The molecule has 25 heavy (non-hydrogen) atoms. The maximum Gasteiger partial charge on any atom is 0.333 e. The van der Waals surface area contributed by atoms with Crippen LogP contribution < -0.4 is 0 Å². The summed E-state index contributed by atoms with van der Waals surface area (Å²) in [5, 5.41) is 17.9. The van der Waals surface area contributed by atoms with Crippen LogP contribution in [-0.2, 0) is 18.4 Å². The topological polar surface area (TPSA) is 85.2 Å². The van der Waals surface area contributed by atoms with Crippen LogP contribution in [0.5, 0.6) is 0 Å². The number of carbonyl (C=O) groups is 1. The number of aliphatic hydroxyl groups is 2. The highest BCUT2D eigenvalue weighted by Crippen LogP contribution is 2.26. The summed E-state index contributed by atoms with van der Waals surface area (Å²) < 4.78 is 17.6. The summed E-state index contributed by atoms with van der Waals surface area (Å²) in [5.41, 5.74) is -0.0435. The SMILES string of the molecule is CC(=CCCC([SiH3])(O[Si](C)(C)C)O[Si](C)(C)C)C(=O)OCC(O)CO. The number of carbonyl (C=O) groups excluding carboxylic acids is 1. The lowest BCUT2D eigenvalue weighted by Crippen LogP contribution is -2.50. The lowest BCUT2D eigenvalue weighted by Gasteiger charge is -2.41. The zero-order valence-electron chi connectivity index (χ0n) is 17.0. The third kappa shape index (κ3) is 12.7. The average molecular weight is 409 g/mol. The number of hydrogen-bond donors (Lipinski definition) is 2. The highest BCUT2D eigenvalue weighted by atomic mass is 28.4. The van der Waals surface area contributed by atoms with E-state index in [1.165, 1.54) is 0 Å². The van der Waals surface area contributed by atoms with Crippen molar-refractivity contribution in [1.29, 1.82) is 0 Å². The second kappa shape index (κ2) is 10.1. The van der Waals surface area contributed by atoms with Gasteiger partial charge in [0.1, 0.15) is 18.1 Å². The summed E-state index contributed by atoms with van der Waals surface area (Å²) in [5.74, 6) is -0.483. The maximum absolute atomic E-state index is 11.9. The van der Waals surface area contributed by atoms with E-state index >= 15 is 0 Å². The molecule has 0 aromatic rings. The fraction of sp³-hybridized carbons (Fsp3) is 0.812. The van der Waals surface area contributed by atoms with Crippen LogP contribution in [0.3, 0.4) is 0 Å². The smallest absolute Gasteiger partial charge is 0.333 e. The van der Waals surface area contributed by atoms with Gasteiger partial charge in [0.2, 0.25) is 0 Å². The van der Waals surface area contributed by atoms with Gasteiger partial charge in [-0.1, -0.05) is 6.08 Å². The summed E-state index contributed by atoms with van der Waals surface area (Å²) in [6, 6.07) is 0. The molecule has 1 atom stereocenters. The standard InChI is InChI=1S/C16H36O6Si3/c1-13(15(19)20-12-14(18)11-17)9-8-10-16(23,21-24(2,3)4)22-25(5,6)7/h9,14,17-18H,8,10-12H2,1-7,23H3. The molecule has 0 heterocycles. The van der Waals surface area contributed by atoms with Crippen LogP contribution in [0.1, 0.15) is 19.8 Å². The lowest BCUT2D eigenvalue weighted by atomic mass is 10.2. The van der Waals surface area contributed by atoms with Crippen LogP contribution in [0.4, 0.5) is 0 Å². The first-order chi connectivity index (χ1) is 11.2. The van der Waals surface area contributed by atoms with Gasteiger partial charge >= 0.3 is 5.97 Å². The first kappa shape index (κ1) is 24.7. The van der Waals surface area contributed by atoms with Crippen molar-refractivity contribution in [2.75, 3.05) is 13.2 Å². The van der Waals surface area contributed by atoms with Crippen molar-refractivity contribution in [2.24, 2.45) is 0 Å². The van der Waals surface area contributed by atoms with E-state index in [1.54, 1.807) is 6.92 Å². The number of rotatable bonds is 11. The molecule has 0 spiro atoms. The molecule has 0 radical (unpaired) electrons. The highest BCUT2D eigenvalue weighted by Gasteiger charge is 2.35. The van der Waals surface area contributed by atoms with E-state index in [2.05, 4.69) is 39.3 Å². The second-order valence-corrected chi connectivity index (χ2v) is 18.8. The molecule has 0 fully saturated rings. The van der Waals surface area contributed by atoms with Crippen molar-refractivity contribution >= 4 is 32.8 Å². The van der Waals surface area contributed by atoms with Gasteiger partial charge in [0.05, 0.1) is 16.8 Å². The third-order valence-corrected chi connectivity index (χ3v) is 6.85. The zero-order chi connectivity index (χ0) is 19.9. The predicted octanol–water partition coefficient (Wildman–Crippen LogP) is 1.33. The Morgan fingerprint density at radius 3 is 2.04 bits per heavy atom. The van der Waals surface area contributed by atoms with Gasteiger partial charge in [-0.3, -0.25) is 0 Å². The number of hydrogen-bond acceptors (Lipinski definition) is 6. The van der Waals surface area contributed by atoms with Crippen LogP contribution >= 0.6 is 0 Å². The molecule has 9 heteroatoms. The quantitative estimate of drug-likeness (QED) is 0.232. The van der Waals surface area contributed by atoms with E-state index in [-0.39, 0.29) is 6.61 Å². The van der Waals surface area contributed by atoms with E-state index in [9.17, 15) is 9.90 Å². The maximum atomic E-state index is 11.9. The molecule has 0 bridgehead atoms. The molecule has 2 N–H and O–H groups in total. The molecule has 0 aromatic heterocycles. The minimum Gasteiger partial charge on any atom is -0.459 e. The molecular weight excluding hydrogens is 372 g/mol. The molecule has 0 aliphatic carbocycles. The number of aliphatic hydroxyl groups excluding tert-OH is 2. The van der Waals surface area contributed by atoms with E-state index in [0.717, 1.165) is 10.2 Å². The molecule has 6 nitrogen and oxygen atoms in total. The zero-order valence-corrected chi connectivity index (χ0v) is 21.0. The van der Waals surface area contributed by atoms with Gasteiger partial charge in [0.25, 0.3) is 0 Å². The van der Waals surface area contributed by atoms with Crippen molar-refractivity contribution in [2.45, 2.75) is 70.6 Å². The first-order valence-electron chi connectivity index (χ1n) is 8.70. The molecule has 0 amide bonds. The molecule has 0 saturated carbocycles. The van der Waals surface area contributed by atoms with E-state index < -0.39 is 40.7 Å². The summed E-state index contributed by atoms with van der Waals surface area (Å²) in [6.07, 6.45) is 2.14. The van der Waals surface area contributed by atoms with Gasteiger partial charge in [0, 0.05) is 5.57 Å². The Hall–Kier alpha value is -0.299. The predicted molar refractivity (Wildman–Crippen MR) is 109 cm³/mol.